The molecule has 5 rings (SSSR count). The molecule has 2 amide bonds. The van der Waals surface area contributed by atoms with E-state index in [-0.39, 0.29) is 5.70 Å². The number of alkyl halides is 2. The van der Waals surface area contributed by atoms with Gasteiger partial charge in [-0.25, -0.2) is 9.48 Å². The van der Waals surface area contributed by atoms with E-state index < -0.39 is 40.1 Å². The number of nitrogens with one attached hydrogen (secondary N) is 1. The minimum atomic E-state index is -1.31. The highest BCUT2D eigenvalue weighted by molar-refractivity contribution is 8.01. The molecule has 2 atom stereocenters. The molecular weight excluding hydrogens is 583 g/mol. The molecule has 1 saturated heterocycles. The van der Waals surface area contributed by atoms with Crippen molar-refractivity contribution in [3.8, 4) is 0 Å². The number of ether oxygens (including phenoxy) is 1. The molecule has 0 bridgehead atoms. The Kier molecular flexibility index (Phi) is 8.46. The lowest BCUT2D eigenvalue weighted by atomic mass is 10.0. The largest absolute Gasteiger partial charge is 0.448 e. The second-order valence-corrected chi connectivity index (χ2v) is 11.8. The molecule has 1 N–H and O–H groups in total. The van der Waals surface area contributed by atoms with Crippen LogP contribution < -0.4 is 5.32 Å². The van der Waals surface area contributed by atoms with Crippen molar-refractivity contribution in [2.45, 2.75) is 27.5 Å². The minimum absolute atomic E-state index is 0.155. The van der Waals surface area contributed by atoms with Crippen molar-refractivity contribution in [2.75, 3.05) is 11.5 Å². The third-order valence-electron chi connectivity index (χ3n) is 6.12. The average Bonchev–Trinajstić information content (AvgIpc) is 3.37. The first-order valence-electron chi connectivity index (χ1n) is 11.8. The van der Waals surface area contributed by atoms with Gasteiger partial charge in [0.15, 0.2) is 10.9 Å². The number of rotatable bonds is 9. The van der Waals surface area contributed by atoms with Crippen LogP contribution in [-0.4, -0.2) is 70.6 Å². The van der Waals surface area contributed by atoms with Gasteiger partial charge >= 0.3 is 5.97 Å². The summed E-state index contributed by atoms with van der Waals surface area (Å²) in [4.78, 5) is 39.3. The summed E-state index contributed by atoms with van der Waals surface area (Å²) in [5.74, 6) is -0.979. The number of aromatic nitrogens is 4. The van der Waals surface area contributed by atoms with E-state index in [1.165, 1.54) is 33.1 Å². The van der Waals surface area contributed by atoms with E-state index in [0.29, 0.717) is 22.2 Å². The van der Waals surface area contributed by atoms with Crippen LogP contribution >= 0.6 is 46.7 Å². The maximum atomic E-state index is 13.9. The summed E-state index contributed by atoms with van der Waals surface area (Å²) in [6.07, 6.45) is -0.697. The number of aryl methyl sites for hydroxylation is 1. The van der Waals surface area contributed by atoms with Crippen LogP contribution in [0.5, 0.6) is 0 Å². The molecule has 2 aliphatic heterocycles. The number of carbonyl (C=O) groups excluding carboxylic acids is 3. The quantitative estimate of drug-likeness (QED) is 0.170. The minimum Gasteiger partial charge on any atom is -0.448 e. The Labute approximate surface area is 242 Å². The van der Waals surface area contributed by atoms with Gasteiger partial charge in [-0.3, -0.25) is 14.5 Å². The fraction of sp³-hybridized carbons (Fsp3) is 0.280. The molecule has 14 heteroatoms. The standard InChI is InChI=1S/C25H22Cl2N6O4S2/c1-32-25(29-30-31-32)39-13-16-12-38-23-17(28-21(34)20(26)27)22(35)33(23)18(16)24(36)37-19(14-8-4-2-5-9-14)15-10-6-3-7-11-15/h2-11,17,19-20,23H,12-13H2,1H3,(H,28,34)/t17?,23-/m0/s1. The van der Waals surface area contributed by atoms with Crippen molar-refractivity contribution in [3.63, 3.8) is 0 Å². The van der Waals surface area contributed by atoms with Crippen LogP contribution in [0.1, 0.15) is 17.2 Å². The first kappa shape index (κ1) is 27.5. The maximum Gasteiger partial charge on any atom is 0.356 e. The van der Waals surface area contributed by atoms with Gasteiger partial charge in [-0.05, 0) is 27.1 Å². The van der Waals surface area contributed by atoms with Crippen LogP contribution in [0.15, 0.2) is 77.1 Å². The van der Waals surface area contributed by atoms with E-state index in [1.54, 1.807) is 7.05 Å². The third-order valence-corrected chi connectivity index (χ3v) is 8.96. The summed E-state index contributed by atoms with van der Waals surface area (Å²) in [6, 6.07) is 17.9. The Hall–Kier alpha value is -3.06. The first-order chi connectivity index (χ1) is 18.8. The van der Waals surface area contributed by atoms with Gasteiger partial charge in [0, 0.05) is 18.6 Å². The van der Waals surface area contributed by atoms with Gasteiger partial charge in [0.05, 0.1) is 0 Å². The van der Waals surface area contributed by atoms with E-state index >= 15 is 0 Å². The highest BCUT2D eigenvalue weighted by Crippen LogP contribution is 2.42. The van der Waals surface area contributed by atoms with Crippen LogP contribution in [0, 0.1) is 0 Å². The lowest BCUT2D eigenvalue weighted by Gasteiger charge is -2.49. The predicted molar refractivity (Wildman–Crippen MR) is 148 cm³/mol. The molecule has 0 radical (unpaired) electrons. The fourth-order valence-electron chi connectivity index (χ4n) is 4.24. The number of β-lactam (4-membered cyclic amide) rings is 1. The van der Waals surface area contributed by atoms with Crippen molar-refractivity contribution in [1.29, 1.82) is 0 Å². The molecule has 1 aromatic heterocycles. The monoisotopic (exact) mass is 604 g/mol. The number of carbonyl (C=O) groups is 3. The Morgan fingerprint density at radius 3 is 2.33 bits per heavy atom. The molecule has 2 aromatic carbocycles. The highest BCUT2D eigenvalue weighted by Gasteiger charge is 2.54. The smallest absolute Gasteiger partial charge is 0.356 e. The van der Waals surface area contributed by atoms with Gasteiger partial charge in [0.2, 0.25) is 5.16 Å². The molecule has 202 valence electrons. The summed E-state index contributed by atoms with van der Waals surface area (Å²) in [7, 11) is 1.72. The van der Waals surface area contributed by atoms with Gasteiger partial charge in [-0.15, -0.1) is 16.9 Å². The predicted octanol–water partition coefficient (Wildman–Crippen LogP) is 3.09. The van der Waals surface area contributed by atoms with Crippen molar-refractivity contribution >= 4 is 64.5 Å². The number of tetrazole rings is 1. The van der Waals surface area contributed by atoms with Gasteiger partial charge in [-0.1, -0.05) is 95.6 Å². The number of hydrogen-bond donors (Lipinski definition) is 1. The normalized spacial score (nSPS) is 18.7. The molecule has 0 spiro atoms. The number of esters is 1. The lowest BCUT2D eigenvalue weighted by molar-refractivity contribution is -0.154. The number of nitrogens with zero attached hydrogens (tertiary/aromatic N) is 5. The molecule has 10 nitrogen and oxygen atoms in total. The number of hydrogen-bond acceptors (Lipinski definition) is 9. The van der Waals surface area contributed by atoms with E-state index in [4.69, 9.17) is 27.9 Å². The molecule has 0 saturated carbocycles. The van der Waals surface area contributed by atoms with Crippen molar-refractivity contribution in [3.05, 3.63) is 83.1 Å². The highest BCUT2D eigenvalue weighted by atomic mass is 35.5. The maximum absolute atomic E-state index is 13.9. The molecule has 1 unspecified atom stereocenters. The molecule has 3 aromatic rings. The van der Waals surface area contributed by atoms with E-state index in [0.717, 1.165) is 11.1 Å². The van der Waals surface area contributed by atoms with Crippen LogP contribution in [0.3, 0.4) is 0 Å². The van der Waals surface area contributed by atoms with Crippen LogP contribution in [0.2, 0.25) is 0 Å². The van der Waals surface area contributed by atoms with Gasteiger partial charge in [0.25, 0.3) is 11.8 Å². The SMILES string of the molecule is Cn1nnnc1SCC1=C(C(=O)OC(c2ccccc2)c2ccccc2)N2C(=O)C(NC(=O)C(Cl)Cl)[C@@H]2SC1. The van der Waals surface area contributed by atoms with E-state index in [9.17, 15) is 14.4 Å². The lowest BCUT2D eigenvalue weighted by Crippen LogP contribution is -2.71. The second kappa shape index (κ2) is 12.0. The van der Waals surface area contributed by atoms with E-state index in [2.05, 4.69) is 20.8 Å². The second-order valence-electron chi connectivity index (χ2n) is 8.63. The van der Waals surface area contributed by atoms with Gasteiger partial charge < -0.3 is 10.1 Å². The zero-order valence-corrected chi connectivity index (χ0v) is 23.6. The third kappa shape index (κ3) is 5.79. The summed E-state index contributed by atoms with van der Waals surface area (Å²) in [5, 5.41) is 14.1. The Morgan fingerprint density at radius 2 is 1.77 bits per heavy atom. The topological polar surface area (TPSA) is 119 Å². The molecular formula is C25H22Cl2N6O4S2. The number of fused-ring (bicyclic) bond motifs is 1. The van der Waals surface area contributed by atoms with Crippen LogP contribution in [-0.2, 0) is 26.2 Å². The summed E-state index contributed by atoms with van der Waals surface area (Å²) >= 11 is 14.1. The van der Waals surface area contributed by atoms with Gasteiger partial charge in [0.1, 0.15) is 17.1 Å². The molecule has 2 aliphatic rings. The first-order valence-corrected chi connectivity index (χ1v) is 14.7. The summed E-state index contributed by atoms with van der Waals surface area (Å²) in [5.41, 5.74) is 2.42. The van der Waals surface area contributed by atoms with Gasteiger partial charge in [-0.2, -0.15) is 0 Å². The molecule has 39 heavy (non-hydrogen) atoms. The number of amides is 2. The zero-order chi connectivity index (χ0) is 27.5. The van der Waals surface area contributed by atoms with Crippen molar-refractivity contribution in [2.24, 2.45) is 7.05 Å². The van der Waals surface area contributed by atoms with Crippen molar-refractivity contribution in [1.82, 2.24) is 30.4 Å². The Bertz CT molecular complexity index is 1370. The molecule has 0 aliphatic carbocycles. The van der Waals surface area contributed by atoms with E-state index in [1.807, 2.05) is 60.7 Å². The van der Waals surface area contributed by atoms with Crippen LogP contribution in [0.25, 0.3) is 0 Å². The average molecular weight is 606 g/mol. The molecule has 1 fully saturated rings. The van der Waals surface area contributed by atoms with Crippen molar-refractivity contribution < 1.29 is 19.1 Å². The number of halogens is 2. The summed E-state index contributed by atoms with van der Waals surface area (Å²) in [6.45, 7) is 0. The number of thioether (sulfide) groups is 2. The summed E-state index contributed by atoms with van der Waals surface area (Å²) < 4.78 is 7.65. The molecule has 3 heterocycles. The van der Waals surface area contributed by atoms with Crippen LogP contribution in [0.4, 0.5) is 0 Å². The fourth-order valence-corrected chi connectivity index (χ4v) is 6.70. The Balaban J connectivity index is 1.46. The zero-order valence-electron chi connectivity index (χ0n) is 20.4. The Morgan fingerprint density at radius 1 is 1.13 bits per heavy atom. The number of benzene rings is 2.